The zero-order chi connectivity index (χ0) is 47.0. The van der Waals surface area contributed by atoms with E-state index in [0.717, 1.165) is 94.6 Å². The number of carbonyl (C=O) groups excluding carboxylic acids is 5. The van der Waals surface area contributed by atoms with E-state index in [1.165, 1.54) is 0 Å². The average Bonchev–Trinajstić information content (AvgIpc) is 3.99. The molecule has 3 aromatic rings. The van der Waals surface area contributed by atoms with Gasteiger partial charge in [-0.15, -0.1) is 0 Å². The van der Waals surface area contributed by atoms with E-state index in [0.29, 0.717) is 73.2 Å². The molecule has 17 heteroatoms. The fourth-order valence-electron chi connectivity index (χ4n) is 10.0. The van der Waals surface area contributed by atoms with Crippen molar-refractivity contribution in [3.8, 4) is 17.6 Å². The molecule has 1 aliphatic carbocycles. The second-order valence-corrected chi connectivity index (χ2v) is 18.3. The number of rotatable bonds is 17. The van der Waals surface area contributed by atoms with Gasteiger partial charge in [0.25, 0.3) is 11.8 Å². The van der Waals surface area contributed by atoms with Crippen LogP contribution in [0.4, 0.5) is 23.1 Å². The fraction of sp³-hybridized carbons (Fsp3) is 0.540. The smallest absolute Gasteiger partial charge is 0.255 e. The van der Waals surface area contributed by atoms with E-state index in [9.17, 15) is 24.0 Å². The van der Waals surface area contributed by atoms with E-state index in [1.54, 1.807) is 48.4 Å². The van der Waals surface area contributed by atoms with Gasteiger partial charge < -0.3 is 44.6 Å². The number of hydrogen-bond donors (Lipinski definition) is 3. The van der Waals surface area contributed by atoms with Crippen LogP contribution in [0.2, 0.25) is 0 Å². The van der Waals surface area contributed by atoms with Crippen LogP contribution in [0.5, 0.6) is 5.75 Å². The van der Waals surface area contributed by atoms with Gasteiger partial charge in [0.05, 0.1) is 25.6 Å². The van der Waals surface area contributed by atoms with Crippen LogP contribution in [0, 0.1) is 11.8 Å². The molecule has 5 heterocycles. The molecule has 4 aliphatic heterocycles. The van der Waals surface area contributed by atoms with Gasteiger partial charge in [-0.2, -0.15) is 4.98 Å². The highest BCUT2D eigenvalue weighted by molar-refractivity contribution is 6.06. The first-order valence-electron chi connectivity index (χ1n) is 24.0. The Balaban J connectivity index is 0.721. The summed E-state index contributed by atoms with van der Waals surface area (Å²) in [5.41, 5.74) is 4.06. The number of hydrogen-bond acceptors (Lipinski definition) is 13. The molecule has 0 bridgehead atoms. The van der Waals surface area contributed by atoms with Crippen molar-refractivity contribution in [1.29, 1.82) is 0 Å². The average molecular weight is 917 g/mol. The van der Waals surface area contributed by atoms with Crippen LogP contribution in [0.3, 0.4) is 0 Å². The van der Waals surface area contributed by atoms with Crippen LogP contribution in [0.15, 0.2) is 42.6 Å². The normalized spacial score (nSPS) is 20.2. The zero-order valence-corrected chi connectivity index (χ0v) is 39.3. The summed E-state index contributed by atoms with van der Waals surface area (Å²) in [4.78, 5) is 83.5. The summed E-state index contributed by atoms with van der Waals surface area (Å²) in [6.07, 6.45) is 10.7. The van der Waals surface area contributed by atoms with Crippen molar-refractivity contribution in [1.82, 2.24) is 35.3 Å². The zero-order valence-electron chi connectivity index (χ0n) is 39.3. The molecule has 17 nitrogen and oxygen atoms in total. The number of nitrogens with one attached hydrogen (secondary N) is 3. The summed E-state index contributed by atoms with van der Waals surface area (Å²) in [6.45, 7) is 7.99. The molecule has 1 saturated carbocycles. The summed E-state index contributed by atoms with van der Waals surface area (Å²) in [6, 6.07) is 10.3. The fourth-order valence-corrected chi connectivity index (χ4v) is 10.0. The number of aromatic nitrogens is 2. The standard InChI is InChI=1S/C50H64N10O7/c1-5-40-49(65)57(3)42-31-51-50(55-45(42)60(40)36-14-6-7-15-36)53-39-18-17-34(30-43(39)66-4)46(62)52-35-21-25-58(26-22-35)24-11-28-67-29-27-56(2)23-9-8-12-33-13-10-16-37-38(33)32-59(48(37)64)41-19-20-44(61)54-47(41)63/h10,13,16-18,30-31,35-36,40-41H,5-7,9,11,14-15,19-29,32H2,1-4H3,(H,52,62)(H,51,53,55)(H,54,61,63)/t40-,41?/m1/s1. The summed E-state index contributed by atoms with van der Waals surface area (Å²) in [5.74, 6) is 7.18. The molecular formula is C50H64N10O7. The minimum atomic E-state index is -0.646. The number of amides is 5. The molecule has 5 amide bonds. The van der Waals surface area contributed by atoms with E-state index < -0.39 is 11.9 Å². The van der Waals surface area contributed by atoms with Crippen LogP contribution in [0.1, 0.15) is 109 Å². The largest absolute Gasteiger partial charge is 0.495 e. The maximum absolute atomic E-state index is 13.4. The quantitative estimate of drug-likeness (QED) is 0.0982. The molecule has 1 unspecified atom stereocenters. The predicted octanol–water partition coefficient (Wildman–Crippen LogP) is 4.47. The number of likely N-dealkylation sites (tertiary alicyclic amines) is 1. The van der Waals surface area contributed by atoms with Crippen LogP contribution < -0.4 is 30.5 Å². The van der Waals surface area contributed by atoms with Gasteiger partial charge >= 0.3 is 0 Å². The second kappa shape index (κ2) is 21.7. The van der Waals surface area contributed by atoms with Crippen molar-refractivity contribution in [3.05, 3.63) is 64.8 Å². The van der Waals surface area contributed by atoms with E-state index in [2.05, 4.69) is 54.5 Å². The highest BCUT2D eigenvalue weighted by atomic mass is 16.5. The number of likely N-dealkylation sites (N-methyl/N-ethyl adjacent to an activating group) is 2. The van der Waals surface area contributed by atoms with Gasteiger partial charge in [-0.05, 0) is 87.9 Å². The number of carbonyl (C=O) groups is 5. The minimum Gasteiger partial charge on any atom is -0.495 e. The lowest BCUT2D eigenvalue weighted by atomic mass is 10.0. The number of anilines is 4. The van der Waals surface area contributed by atoms with E-state index in [-0.39, 0.29) is 48.2 Å². The van der Waals surface area contributed by atoms with Crippen LogP contribution >= 0.6 is 0 Å². The molecule has 0 radical (unpaired) electrons. The molecule has 2 aromatic carbocycles. The van der Waals surface area contributed by atoms with Gasteiger partial charge in [0.15, 0.2) is 5.82 Å². The Kier molecular flexibility index (Phi) is 15.3. The monoisotopic (exact) mass is 916 g/mol. The molecule has 2 saturated heterocycles. The van der Waals surface area contributed by atoms with E-state index in [4.69, 9.17) is 14.5 Å². The first-order valence-corrected chi connectivity index (χ1v) is 24.0. The van der Waals surface area contributed by atoms with Crippen molar-refractivity contribution in [2.45, 2.75) is 108 Å². The number of ether oxygens (including phenoxy) is 2. The number of methoxy groups -OCH3 is 1. The number of benzene rings is 2. The number of imide groups is 1. The summed E-state index contributed by atoms with van der Waals surface area (Å²) < 4.78 is 11.7. The number of piperidine rings is 2. The second-order valence-electron chi connectivity index (χ2n) is 18.3. The summed E-state index contributed by atoms with van der Waals surface area (Å²) in [5, 5.41) is 8.89. The lowest BCUT2D eigenvalue weighted by Crippen LogP contribution is -2.55. The van der Waals surface area contributed by atoms with Crippen molar-refractivity contribution in [2.75, 3.05) is 82.3 Å². The van der Waals surface area contributed by atoms with Crippen LogP contribution in [0.25, 0.3) is 0 Å². The maximum Gasteiger partial charge on any atom is 0.255 e. The molecular weight excluding hydrogens is 853 g/mol. The van der Waals surface area contributed by atoms with E-state index in [1.807, 2.05) is 25.1 Å². The van der Waals surface area contributed by atoms with E-state index >= 15 is 0 Å². The van der Waals surface area contributed by atoms with Gasteiger partial charge in [0.1, 0.15) is 23.5 Å². The van der Waals surface area contributed by atoms with Gasteiger partial charge in [-0.1, -0.05) is 37.7 Å². The van der Waals surface area contributed by atoms with Gasteiger partial charge in [-0.3, -0.25) is 29.3 Å². The Morgan fingerprint density at radius 3 is 2.58 bits per heavy atom. The Morgan fingerprint density at radius 1 is 1.01 bits per heavy atom. The highest BCUT2D eigenvalue weighted by Crippen LogP contribution is 2.40. The SMILES string of the molecule is CC[C@@H]1C(=O)N(C)c2cnc(Nc3ccc(C(=O)NC4CCN(CCCOCCN(C)CCC#Cc5cccc6c5CN(C5CCC(=O)NC5=O)C6=O)CC4)cc3OC)nc2N1C1CCCC1. The molecule has 356 valence electrons. The van der Waals surface area contributed by atoms with Crippen LogP contribution in [-0.4, -0.2) is 146 Å². The Bertz CT molecular complexity index is 2390. The molecule has 3 N–H and O–H groups in total. The number of nitrogens with zero attached hydrogens (tertiary/aromatic N) is 7. The van der Waals surface area contributed by atoms with Crippen LogP contribution in [-0.2, 0) is 25.7 Å². The molecule has 2 atom stereocenters. The lowest BCUT2D eigenvalue weighted by Gasteiger charge is -2.43. The Hall–Kier alpha value is -6.09. The predicted molar refractivity (Wildman–Crippen MR) is 254 cm³/mol. The maximum atomic E-state index is 13.4. The molecule has 3 fully saturated rings. The molecule has 67 heavy (non-hydrogen) atoms. The minimum absolute atomic E-state index is 0.0715. The molecule has 5 aliphatic rings. The summed E-state index contributed by atoms with van der Waals surface area (Å²) >= 11 is 0. The molecule has 8 rings (SSSR count). The first-order chi connectivity index (χ1) is 32.5. The molecule has 1 aromatic heterocycles. The first kappa shape index (κ1) is 47.4. The Morgan fingerprint density at radius 2 is 1.82 bits per heavy atom. The molecule has 0 spiro atoms. The van der Waals surface area contributed by atoms with Gasteiger partial charge in [0.2, 0.25) is 23.7 Å². The lowest BCUT2D eigenvalue weighted by molar-refractivity contribution is -0.137. The third-order valence-corrected chi connectivity index (χ3v) is 13.8. The van der Waals surface area contributed by atoms with Crippen molar-refractivity contribution < 1.29 is 33.4 Å². The third-order valence-electron chi connectivity index (χ3n) is 13.8. The van der Waals surface area contributed by atoms with Crippen molar-refractivity contribution >= 4 is 52.7 Å². The van der Waals surface area contributed by atoms with Gasteiger partial charge in [0, 0.05) is 94.5 Å². The number of fused-ring (bicyclic) bond motifs is 2. The highest BCUT2D eigenvalue weighted by Gasteiger charge is 2.42. The van der Waals surface area contributed by atoms with Gasteiger partial charge in [-0.25, -0.2) is 4.98 Å². The summed E-state index contributed by atoms with van der Waals surface area (Å²) in [7, 11) is 5.42. The Labute approximate surface area is 393 Å². The van der Waals surface area contributed by atoms with Crippen molar-refractivity contribution in [3.63, 3.8) is 0 Å². The topological polar surface area (TPSA) is 182 Å². The third kappa shape index (κ3) is 10.9. The van der Waals surface area contributed by atoms with Crippen molar-refractivity contribution in [2.24, 2.45) is 0 Å².